The smallest absolute Gasteiger partial charge is 0.238 e. The Morgan fingerprint density at radius 1 is 1.50 bits per heavy atom. The fourth-order valence-electron chi connectivity index (χ4n) is 1.70. The van der Waals surface area contributed by atoms with Crippen LogP contribution in [0.15, 0.2) is 23.4 Å². The van der Waals surface area contributed by atoms with Gasteiger partial charge in [0, 0.05) is 26.2 Å². The van der Waals surface area contributed by atoms with Crippen molar-refractivity contribution in [1.82, 2.24) is 10.2 Å². The number of amidine groups is 1. The highest BCUT2D eigenvalue weighted by Crippen LogP contribution is 2.09. The maximum Gasteiger partial charge on any atom is 0.238 e. The Balaban J connectivity index is 2.78. The van der Waals surface area contributed by atoms with E-state index in [0.717, 1.165) is 0 Å². The second kappa shape index (κ2) is 6.85. The van der Waals surface area contributed by atoms with Crippen molar-refractivity contribution in [3.8, 4) is 0 Å². The zero-order valence-electron chi connectivity index (χ0n) is 11.7. The quantitative estimate of drug-likeness (QED) is 0.317. The summed E-state index contributed by atoms with van der Waals surface area (Å²) >= 11 is 0. The van der Waals surface area contributed by atoms with Crippen molar-refractivity contribution < 1.29 is 14.4 Å². The van der Waals surface area contributed by atoms with Gasteiger partial charge < -0.3 is 21.2 Å². The number of rotatable bonds is 5. The SMILES string of the molecule is CC(NCc1cc(F)cc(/C(N)=N/O)c1)C(=O)N(C)C. The van der Waals surface area contributed by atoms with Gasteiger partial charge in [-0.15, -0.1) is 0 Å². The number of hydrogen-bond acceptors (Lipinski definition) is 4. The number of nitrogens with zero attached hydrogens (tertiary/aromatic N) is 2. The second-order valence-corrected chi connectivity index (χ2v) is 4.67. The lowest BCUT2D eigenvalue weighted by Crippen LogP contribution is -2.41. The Bertz CT molecular complexity index is 517. The number of carbonyl (C=O) groups excluding carboxylic acids is 1. The van der Waals surface area contributed by atoms with E-state index < -0.39 is 5.82 Å². The highest BCUT2D eigenvalue weighted by atomic mass is 19.1. The maximum atomic E-state index is 13.4. The summed E-state index contributed by atoms with van der Waals surface area (Å²) in [5.74, 6) is -0.723. The zero-order chi connectivity index (χ0) is 15.3. The Labute approximate surface area is 117 Å². The molecule has 1 aromatic carbocycles. The molecule has 0 saturated heterocycles. The first-order valence-electron chi connectivity index (χ1n) is 6.07. The molecule has 0 radical (unpaired) electrons. The average molecular weight is 282 g/mol. The van der Waals surface area contributed by atoms with Gasteiger partial charge in [0.05, 0.1) is 6.04 Å². The molecule has 0 heterocycles. The van der Waals surface area contributed by atoms with Gasteiger partial charge in [-0.05, 0) is 30.7 Å². The van der Waals surface area contributed by atoms with Crippen molar-refractivity contribution in [3.05, 3.63) is 35.1 Å². The van der Waals surface area contributed by atoms with Gasteiger partial charge in [-0.2, -0.15) is 0 Å². The second-order valence-electron chi connectivity index (χ2n) is 4.67. The summed E-state index contributed by atoms with van der Waals surface area (Å²) in [6.45, 7) is 2.02. The number of halogens is 1. The number of hydrogen-bond donors (Lipinski definition) is 3. The molecule has 7 heteroatoms. The topological polar surface area (TPSA) is 91.0 Å². The summed E-state index contributed by atoms with van der Waals surface area (Å²) in [5.41, 5.74) is 6.32. The first-order valence-corrected chi connectivity index (χ1v) is 6.07. The van der Waals surface area contributed by atoms with Crippen LogP contribution in [0.25, 0.3) is 0 Å². The first kappa shape index (κ1) is 15.9. The molecular formula is C13H19FN4O2. The van der Waals surface area contributed by atoms with E-state index in [9.17, 15) is 9.18 Å². The standard InChI is InChI=1S/C13H19FN4O2/c1-8(13(19)18(2)3)16-7-9-4-10(12(15)17-20)6-11(14)5-9/h4-6,8,16,20H,7H2,1-3H3,(H2,15,17). The van der Waals surface area contributed by atoms with Crippen LogP contribution in [-0.2, 0) is 11.3 Å². The van der Waals surface area contributed by atoms with Crippen molar-refractivity contribution in [2.75, 3.05) is 14.1 Å². The van der Waals surface area contributed by atoms with Gasteiger partial charge in [0.2, 0.25) is 5.91 Å². The third-order valence-corrected chi connectivity index (χ3v) is 2.78. The Morgan fingerprint density at radius 2 is 2.15 bits per heavy atom. The highest BCUT2D eigenvalue weighted by Gasteiger charge is 2.14. The maximum absolute atomic E-state index is 13.4. The lowest BCUT2D eigenvalue weighted by atomic mass is 10.1. The molecule has 6 nitrogen and oxygen atoms in total. The summed E-state index contributed by atoms with van der Waals surface area (Å²) < 4.78 is 13.4. The Hall–Kier alpha value is -2.15. The number of benzene rings is 1. The van der Waals surface area contributed by atoms with Crippen LogP contribution in [0.5, 0.6) is 0 Å². The molecule has 110 valence electrons. The van der Waals surface area contributed by atoms with Crippen LogP contribution in [0.4, 0.5) is 4.39 Å². The van der Waals surface area contributed by atoms with Gasteiger partial charge in [0.15, 0.2) is 5.84 Å². The first-order chi connectivity index (χ1) is 9.35. The molecule has 0 spiro atoms. The van der Waals surface area contributed by atoms with Crippen molar-refractivity contribution in [3.63, 3.8) is 0 Å². The minimum absolute atomic E-state index is 0.0712. The number of likely N-dealkylation sites (N-methyl/N-ethyl adjacent to an activating group) is 1. The van der Waals surface area contributed by atoms with Crippen LogP contribution in [0.1, 0.15) is 18.1 Å². The normalized spacial score (nSPS) is 13.1. The van der Waals surface area contributed by atoms with Gasteiger partial charge in [-0.25, -0.2) is 4.39 Å². The number of nitrogens with one attached hydrogen (secondary N) is 1. The minimum atomic E-state index is -0.488. The van der Waals surface area contributed by atoms with Crippen molar-refractivity contribution >= 4 is 11.7 Å². The molecule has 0 fully saturated rings. The lowest BCUT2D eigenvalue weighted by Gasteiger charge is -2.18. The zero-order valence-corrected chi connectivity index (χ0v) is 11.7. The molecule has 0 aliphatic rings. The number of nitrogens with two attached hydrogens (primary N) is 1. The summed E-state index contributed by atoms with van der Waals surface area (Å²) in [7, 11) is 3.33. The van der Waals surface area contributed by atoms with Crippen LogP contribution >= 0.6 is 0 Å². The molecule has 4 N–H and O–H groups in total. The van der Waals surface area contributed by atoms with Crippen molar-refractivity contribution in [2.24, 2.45) is 10.9 Å². The van der Waals surface area contributed by atoms with Crippen molar-refractivity contribution in [2.45, 2.75) is 19.5 Å². The predicted octanol–water partition coefficient (Wildman–Crippen LogP) is 0.486. The van der Waals surface area contributed by atoms with E-state index in [1.54, 1.807) is 27.1 Å². The van der Waals surface area contributed by atoms with E-state index in [-0.39, 0.29) is 23.3 Å². The lowest BCUT2D eigenvalue weighted by molar-refractivity contribution is -0.130. The van der Waals surface area contributed by atoms with Crippen LogP contribution < -0.4 is 11.1 Å². The predicted molar refractivity (Wildman–Crippen MR) is 73.9 cm³/mol. The molecular weight excluding hydrogens is 263 g/mol. The monoisotopic (exact) mass is 282 g/mol. The summed E-state index contributed by atoms with van der Waals surface area (Å²) in [6.07, 6.45) is 0. The molecule has 0 saturated carbocycles. The van der Waals surface area contributed by atoms with E-state index >= 15 is 0 Å². The molecule has 1 rings (SSSR count). The molecule has 20 heavy (non-hydrogen) atoms. The molecule has 0 bridgehead atoms. The number of oxime groups is 1. The molecule has 1 amide bonds. The molecule has 1 unspecified atom stereocenters. The fraction of sp³-hybridized carbons (Fsp3) is 0.385. The average Bonchev–Trinajstić information content (AvgIpc) is 2.42. The third kappa shape index (κ3) is 4.20. The molecule has 0 aliphatic carbocycles. The van der Waals surface area contributed by atoms with Crippen LogP contribution in [0.3, 0.4) is 0 Å². The molecule has 0 aromatic heterocycles. The Kier molecular flexibility index (Phi) is 5.45. The largest absolute Gasteiger partial charge is 0.409 e. The highest BCUT2D eigenvalue weighted by molar-refractivity contribution is 5.97. The molecule has 1 atom stereocenters. The third-order valence-electron chi connectivity index (χ3n) is 2.78. The summed E-state index contributed by atoms with van der Waals surface area (Å²) in [6, 6.07) is 3.71. The van der Waals surface area contributed by atoms with Gasteiger partial charge >= 0.3 is 0 Å². The van der Waals surface area contributed by atoms with Crippen molar-refractivity contribution in [1.29, 1.82) is 0 Å². The van der Waals surface area contributed by atoms with E-state index in [2.05, 4.69) is 10.5 Å². The molecule has 0 aliphatic heterocycles. The van der Waals surface area contributed by atoms with E-state index in [1.165, 1.54) is 17.0 Å². The number of amides is 1. The van der Waals surface area contributed by atoms with E-state index in [1.807, 2.05) is 0 Å². The van der Waals surface area contributed by atoms with Crippen LogP contribution in [0, 0.1) is 5.82 Å². The summed E-state index contributed by atoms with van der Waals surface area (Å²) in [5, 5.41) is 14.4. The van der Waals surface area contributed by atoms with Gasteiger partial charge in [0.1, 0.15) is 5.82 Å². The summed E-state index contributed by atoms with van der Waals surface area (Å²) in [4.78, 5) is 13.1. The number of carbonyl (C=O) groups is 1. The van der Waals surface area contributed by atoms with E-state index in [4.69, 9.17) is 10.9 Å². The minimum Gasteiger partial charge on any atom is -0.409 e. The Morgan fingerprint density at radius 3 is 2.70 bits per heavy atom. The fourth-order valence-corrected chi connectivity index (χ4v) is 1.70. The molecule has 1 aromatic rings. The van der Waals surface area contributed by atoms with Gasteiger partial charge in [-0.1, -0.05) is 5.16 Å². The van der Waals surface area contributed by atoms with E-state index in [0.29, 0.717) is 12.1 Å². The van der Waals surface area contributed by atoms with Crippen LogP contribution in [0.2, 0.25) is 0 Å². The van der Waals surface area contributed by atoms with Gasteiger partial charge in [-0.3, -0.25) is 4.79 Å². The van der Waals surface area contributed by atoms with Crippen LogP contribution in [-0.4, -0.2) is 42.0 Å². The van der Waals surface area contributed by atoms with Gasteiger partial charge in [0.25, 0.3) is 0 Å².